The number of carbonyl (C=O) groups is 2. The minimum Gasteiger partial charge on any atom is -0.478 e. The summed E-state index contributed by atoms with van der Waals surface area (Å²) in [5.41, 5.74) is 0.413. The minimum absolute atomic E-state index is 0.0234. The summed E-state index contributed by atoms with van der Waals surface area (Å²) in [6, 6.07) is 4.37. The lowest BCUT2D eigenvalue weighted by Crippen LogP contribution is -2.15. The first-order valence-electron chi connectivity index (χ1n) is 5.52. The fourth-order valence-electron chi connectivity index (χ4n) is 1.42. The molecule has 3 N–H and O–H groups in total. The Bertz CT molecular complexity index is 449. The van der Waals surface area contributed by atoms with Crippen molar-refractivity contribution in [1.82, 2.24) is 5.32 Å². The molecule has 0 saturated heterocycles. The van der Waals surface area contributed by atoms with Crippen LogP contribution in [0.5, 0.6) is 0 Å². The van der Waals surface area contributed by atoms with Gasteiger partial charge in [-0.2, -0.15) is 0 Å². The predicted molar refractivity (Wildman–Crippen MR) is 70.2 cm³/mol. The van der Waals surface area contributed by atoms with E-state index in [0.29, 0.717) is 12.1 Å². The molecule has 1 rings (SSSR count). The molecular formula is C12H15ClN2O3. The summed E-state index contributed by atoms with van der Waals surface area (Å²) in [4.78, 5) is 22.4. The van der Waals surface area contributed by atoms with Gasteiger partial charge in [-0.25, -0.2) is 4.79 Å². The van der Waals surface area contributed by atoms with Crippen LogP contribution < -0.4 is 10.6 Å². The van der Waals surface area contributed by atoms with E-state index < -0.39 is 5.97 Å². The fourth-order valence-corrected chi connectivity index (χ4v) is 1.61. The van der Waals surface area contributed by atoms with Gasteiger partial charge in [-0.1, -0.05) is 11.6 Å². The second-order valence-corrected chi connectivity index (χ2v) is 4.16. The molecule has 0 aliphatic carbocycles. The molecule has 0 atom stereocenters. The Kier molecular flexibility index (Phi) is 5.61. The molecule has 6 heteroatoms. The number of amides is 1. The van der Waals surface area contributed by atoms with Gasteiger partial charge in [-0.15, -0.1) is 0 Å². The first kappa shape index (κ1) is 14.5. The monoisotopic (exact) mass is 270 g/mol. The van der Waals surface area contributed by atoms with E-state index in [-0.39, 0.29) is 16.5 Å². The van der Waals surface area contributed by atoms with Crippen LogP contribution in [0.3, 0.4) is 0 Å². The number of halogens is 1. The molecule has 1 aromatic rings. The highest BCUT2D eigenvalue weighted by Crippen LogP contribution is 2.20. The number of rotatable bonds is 6. The van der Waals surface area contributed by atoms with Gasteiger partial charge in [0.15, 0.2) is 0 Å². The van der Waals surface area contributed by atoms with Gasteiger partial charge in [-0.05, 0) is 38.2 Å². The second kappa shape index (κ2) is 6.98. The summed E-state index contributed by atoms with van der Waals surface area (Å²) < 4.78 is 0. The first-order valence-corrected chi connectivity index (χ1v) is 5.89. The largest absolute Gasteiger partial charge is 0.478 e. The zero-order valence-corrected chi connectivity index (χ0v) is 10.8. The van der Waals surface area contributed by atoms with Crippen LogP contribution in [0.2, 0.25) is 5.02 Å². The molecule has 1 aromatic carbocycles. The van der Waals surface area contributed by atoms with E-state index in [4.69, 9.17) is 16.7 Å². The van der Waals surface area contributed by atoms with Crippen LogP contribution >= 0.6 is 11.6 Å². The quantitative estimate of drug-likeness (QED) is 0.691. The molecule has 0 aromatic heterocycles. The summed E-state index contributed by atoms with van der Waals surface area (Å²) in [6.07, 6.45) is 1.10. The van der Waals surface area contributed by atoms with Crippen molar-refractivity contribution in [3.63, 3.8) is 0 Å². The highest BCUT2D eigenvalue weighted by molar-refractivity contribution is 6.33. The minimum atomic E-state index is -1.12. The molecule has 98 valence electrons. The van der Waals surface area contributed by atoms with Gasteiger partial charge < -0.3 is 15.7 Å². The van der Waals surface area contributed by atoms with Gasteiger partial charge in [-0.3, -0.25) is 4.79 Å². The SMILES string of the molecule is CNCCCC(=O)Nc1ccc(Cl)c(C(=O)O)c1. The topological polar surface area (TPSA) is 78.4 Å². The highest BCUT2D eigenvalue weighted by Gasteiger charge is 2.10. The molecule has 5 nitrogen and oxygen atoms in total. The Labute approximate surface area is 110 Å². The number of carboxylic acids is 1. The lowest BCUT2D eigenvalue weighted by Gasteiger charge is -2.07. The molecular weight excluding hydrogens is 256 g/mol. The van der Waals surface area contributed by atoms with Crippen LogP contribution in [0, 0.1) is 0 Å². The summed E-state index contributed by atoms with van der Waals surface area (Å²) in [5.74, 6) is -1.27. The van der Waals surface area contributed by atoms with Crippen molar-refractivity contribution >= 4 is 29.2 Å². The van der Waals surface area contributed by atoms with E-state index in [1.165, 1.54) is 12.1 Å². The Morgan fingerprint density at radius 2 is 2.11 bits per heavy atom. The van der Waals surface area contributed by atoms with E-state index in [2.05, 4.69) is 10.6 Å². The molecule has 0 saturated carbocycles. The number of aromatic carboxylic acids is 1. The molecule has 0 fully saturated rings. The molecule has 1 amide bonds. The van der Waals surface area contributed by atoms with Gasteiger partial charge in [0.2, 0.25) is 5.91 Å². The standard InChI is InChI=1S/C12H15ClN2O3/c1-14-6-2-3-11(16)15-8-4-5-10(13)9(7-8)12(17)18/h4-5,7,14H,2-3,6H2,1H3,(H,15,16)(H,17,18). The zero-order chi connectivity index (χ0) is 13.5. The van der Waals surface area contributed by atoms with E-state index in [1.807, 2.05) is 7.05 Å². The first-order chi connectivity index (χ1) is 8.54. The second-order valence-electron chi connectivity index (χ2n) is 3.76. The lowest BCUT2D eigenvalue weighted by molar-refractivity contribution is -0.116. The maximum absolute atomic E-state index is 11.5. The number of benzene rings is 1. The lowest BCUT2D eigenvalue weighted by atomic mass is 10.2. The predicted octanol–water partition coefficient (Wildman–Crippen LogP) is 1.98. The molecule has 0 spiro atoms. The average Bonchev–Trinajstić information content (AvgIpc) is 2.31. The van der Waals surface area contributed by atoms with Crippen LogP contribution in [-0.2, 0) is 4.79 Å². The van der Waals surface area contributed by atoms with Crippen molar-refractivity contribution < 1.29 is 14.7 Å². The molecule has 0 radical (unpaired) electrons. The number of carbonyl (C=O) groups excluding carboxylic acids is 1. The number of anilines is 1. The van der Waals surface area contributed by atoms with Gasteiger partial charge in [0, 0.05) is 12.1 Å². The van der Waals surface area contributed by atoms with Crippen LogP contribution in [-0.4, -0.2) is 30.6 Å². The van der Waals surface area contributed by atoms with E-state index in [9.17, 15) is 9.59 Å². The van der Waals surface area contributed by atoms with Gasteiger partial charge in [0.05, 0.1) is 10.6 Å². The van der Waals surface area contributed by atoms with Crippen molar-refractivity contribution in [3.05, 3.63) is 28.8 Å². The third-order valence-corrected chi connectivity index (χ3v) is 2.64. The highest BCUT2D eigenvalue weighted by atomic mass is 35.5. The van der Waals surface area contributed by atoms with Crippen molar-refractivity contribution in [3.8, 4) is 0 Å². The van der Waals surface area contributed by atoms with Crippen molar-refractivity contribution in [2.45, 2.75) is 12.8 Å². The average molecular weight is 271 g/mol. The van der Waals surface area contributed by atoms with Crippen LogP contribution in [0.15, 0.2) is 18.2 Å². The van der Waals surface area contributed by atoms with E-state index >= 15 is 0 Å². The number of carboxylic acid groups (broad SMARTS) is 1. The Morgan fingerprint density at radius 1 is 1.39 bits per heavy atom. The van der Waals surface area contributed by atoms with Crippen LogP contribution in [0.4, 0.5) is 5.69 Å². The van der Waals surface area contributed by atoms with Crippen molar-refractivity contribution in [2.75, 3.05) is 18.9 Å². The Hall–Kier alpha value is -1.59. The Morgan fingerprint density at radius 3 is 2.72 bits per heavy atom. The van der Waals surface area contributed by atoms with Crippen LogP contribution in [0.1, 0.15) is 23.2 Å². The number of hydrogen-bond donors (Lipinski definition) is 3. The molecule has 0 bridgehead atoms. The molecule has 0 unspecified atom stereocenters. The van der Waals surface area contributed by atoms with Crippen molar-refractivity contribution in [1.29, 1.82) is 0 Å². The third kappa shape index (κ3) is 4.35. The third-order valence-electron chi connectivity index (χ3n) is 2.31. The normalized spacial score (nSPS) is 10.1. The fraction of sp³-hybridized carbons (Fsp3) is 0.333. The molecule has 0 aliphatic rings. The summed E-state index contributed by atoms with van der Waals surface area (Å²) in [5, 5.41) is 14.6. The smallest absolute Gasteiger partial charge is 0.337 e. The van der Waals surface area contributed by atoms with Gasteiger partial charge in [0.1, 0.15) is 0 Å². The van der Waals surface area contributed by atoms with E-state index in [0.717, 1.165) is 13.0 Å². The number of hydrogen-bond acceptors (Lipinski definition) is 3. The summed E-state index contributed by atoms with van der Waals surface area (Å²) in [6.45, 7) is 0.758. The molecule has 0 heterocycles. The summed E-state index contributed by atoms with van der Waals surface area (Å²) >= 11 is 5.73. The van der Waals surface area contributed by atoms with E-state index in [1.54, 1.807) is 6.07 Å². The summed E-state index contributed by atoms with van der Waals surface area (Å²) in [7, 11) is 1.82. The molecule has 0 aliphatic heterocycles. The van der Waals surface area contributed by atoms with Gasteiger partial charge in [0.25, 0.3) is 0 Å². The van der Waals surface area contributed by atoms with Crippen LogP contribution in [0.25, 0.3) is 0 Å². The molecule has 18 heavy (non-hydrogen) atoms. The number of nitrogens with one attached hydrogen (secondary N) is 2. The zero-order valence-electron chi connectivity index (χ0n) is 10.00. The maximum atomic E-state index is 11.5. The van der Waals surface area contributed by atoms with Gasteiger partial charge >= 0.3 is 5.97 Å². The Balaban J connectivity index is 2.65. The maximum Gasteiger partial charge on any atom is 0.337 e. The van der Waals surface area contributed by atoms with Crippen molar-refractivity contribution in [2.24, 2.45) is 0 Å².